The van der Waals surface area contributed by atoms with Crippen LogP contribution < -0.4 is 5.32 Å². The fraction of sp³-hybridized carbons (Fsp3) is 0.692. The minimum atomic E-state index is 0.700. The van der Waals surface area contributed by atoms with Gasteiger partial charge < -0.3 is 9.73 Å². The van der Waals surface area contributed by atoms with Crippen LogP contribution in [0.1, 0.15) is 43.9 Å². The molecule has 1 aromatic rings. The first-order chi connectivity index (χ1) is 7.25. The third-order valence-corrected chi connectivity index (χ3v) is 3.54. The van der Waals surface area contributed by atoms with Crippen molar-refractivity contribution in [3.8, 4) is 0 Å². The highest BCUT2D eigenvalue weighted by molar-refractivity contribution is 5.14. The van der Waals surface area contributed by atoms with Gasteiger partial charge in [0, 0.05) is 6.04 Å². The van der Waals surface area contributed by atoms with Gasteiger partial charge in [-0.2, -0.15) is 0 Å². The van der Waals surface area contributed by atoms with E-state index >= 15 is 0 Å². The van der Waals surface area contributed by atoms with E-state index in [1.54, 1.807) is 6.26 Å². The first-order valence-electron chi connectivity index (χ1n) is 6.02. The topological polar surface area (TPSA) is 25.2 Å². The van der Waals surface area contributed by atoms with Gasteiger partial charge in [-0.15, -0.1) is 0 Å². The second-order valence-electron chi connectivity index (χ2n) is 4.86. The Balaban J connectivity index is 1.77. The van der Waals surface area contributed by atoms with Crippen LogP contribution in [0.5, 0.6) is 0 Å². The Morgan fingerprint density at radius 3 is 2.67 bits per heavy atom. The molecule has 1 heterocycles. The summed E-state index contributed by atoms with van der Waals surface area (Å²) in [5.74, 6) is 2.02. The van der Waals surface area contributed by atoms with Crippen LogP contribution in [0.4, 0.5) is 0 Å². The van der Waals surface area contributed by atoms with Crippen LogP contribution >= 0.6 is 0 Å². The summed E-state index contributed by atoms with van der Waals surface area (Å²) < 4.78 is 5.41. The molecule has 0 aliphatic heterocycles. The van der Waals surface area contributed by atoms with Gasteiger partial charge in [0.15, 0.2) is 0 Å². The third kappa shape index (κ3) is 2.85. The molecule has 0 spiro atoms. The molecule has 2 nitrogen and oxygen atoms in total. The Bertz CT molecular complexity index is 297. The van der Waals surface area contributed by atoms with Gasteiger partial charge in [-0.05, 0) is 50.2 Å². The van der Waals surface area contributed by atoms with Gasteiger partial charge in [-0.25, -0.2) is 0 Å². The SMILES string of the molecule is Cc1ccoc1CNC1CCC(C)CC1. The molecule has 0 radical (unpaired) electrons. The van der Waals surface area contributed by atoms with E-state index in [1.165, 1.54) is 31.2 Å². The molecule has 0 amide bonds. The molecule has 1 aromatic heterocycles. The van der Waals surface area contributed by atoms with Gasteiger partial charge >= 0.3 is 0 Å². The smallest absolute Gasteiger partial charge is 0.120 e. The van der Waals surface area contributed by atoms with Crippen molar-refractivity contribution in [2.45, 2.75) is 52.1 Å². The molecular weight excluding hydrogens is 186 g/mol. The summed E-state index contributed by atoms with van der Waals surface area (Å²) in [4.78, 5) is 0. The predicted molar refractivity (Wildman–Crippen MR) is 61.7 cm³/mol. The van der Waals surface area contributed by atoms with Gasteiger partial charge in [0.1, 0.15) is 5.76 Å². The highest BCUT2D eigenvalue weighted by Gasteiger charge is 2.17. The minimum Gasteiger partial charge on any atom is -0.468 e. The van der Waals surface area contributed by atoms with Crippen LogP contribution in [0.25, 0.3) is 0 Å². The van der Waals surface area contributed by atoms with Crippen molar-refractivity contribution in [3.63, 3.8) is 0 Å². The molecular formula is C13H21NO. The molecule has 0 atom stereocenters. The first-order valence-corrected chi connectivity index (χ1v) is 6.02. The van der Waals surface area contributed by atoms with Gasteiger partial charge in [0.25, 0.3) is 0 Å². The summed E-state index contributed by atoms with van der Waals surface area (Å²) >= 11 is 0. The molecule has 1 fully saturated rings. The summed E-state index contributed by atoms with van der Waals surface area (Å²) in [5, 5.41) is 3.59. The van der Waals surface area contributed by atoms with Crippen LogP contribution in [-0.2, 0) is 6.54 Å². The van der Waals surface area contributed by atoms with E-state index in [4.69, 9.17) is 4.42 Å². The van der Waals surface area contributed by atoms with Gasteiger partial charge in [-0.1, -0.05) is 6.92 Å². The van der Waals surface area contributed by atoms with Crippen molar-refractivity contribution in [2.75, 3.05) is 0 Å². The van der Waals surface area contributed by atoms with Gasteiger partial charge in [0.05, 0.1) is 12.8 Å². The molecule has 2 heteroatoms. The molecule has 2 rings (SSSR count). The molecule has 84 valence electrons. The predicted octanol–water partition coefficient (Wildman–Crippen LogP) is 3.26. The lowest BCUT2D eigenvalue weighted by molar-refractivity contribution is 0.299. The Hall–Kier alpha value is -0.760. The Morgan fingerprint density at radius 2 is 2.07 bits per heavy atom. The molecule has 0 bridgehead atoms. The van der Waals surface area contributed by atoms with E-state index in [-0.39, 0.29) is 0 Å². The van der Waals surface area contributed by atoms with Crippen molar-refractivity contribution in [1.29, 1.82) is 0 Å². The molecule has 1 N–H and O–H groups in total. The van der Waals surface area contributed by atoms with E-state index in [2.05, 4.69) is 19.2 Å². The Morgan fingerprint density at radius 1 is 1.33 bits per heavy atom. The highest BCUT2D eigenvalue weighted by atomic mass is 16.3. The maximum absolute atomic E-state index is 5.41. The van der Waals surface area contributed by atoms with Crippen LogP contribution in [0, 0.1) is 12.8 Å². The van der Waals surface area contributed by atoms with E-state index in [9.17, 15) is 0 Å². The lowest BCUT2D eigenvalue weighted by Crippen LogP contribution is -2.32. The Kier molecular flexibility index (Phi) is 3.47. The fourth-order valence-electron chi connectivity index (χ4n) is 2.29. The van der Waals surface area contributed by atoms with E-state index < -0.39 is 0 Å². The maximum Gasteiger partial charge on any atom is 0.120 e. The fourth-order valence-corrected chi connectivity index (χ4v) is 2.29. The summed E-state index contributed by atoms with van der Waals surface area (Å²) in [6.07, 6.45) is 7.15. The molecule has 0 saturated heterocycles. The van der Waals surface area contributed by atoms with Crippen LogP contribution in [-0.4, -0.2) is 6.04 Å². The summed E-state index contributed by atoms with van der Waals surface area (Å²) in [5.41, 5.74) is 1.26. The van der Waals surface area contributed by atoms with E-state index in [0.717, 1.165) is 18.2 Å². The maximum atomic E-state index is 5.41. The lowest BCUT2D eigenvalue weighted by Gasteiger charge is -2.26. The van der Waals surface area contributed by atoms with Crippen molar-refractivity contribution >= 4 is 0 Å². The second-order valence-corrected chi connectivity index (χ2v) is 4.86. The van der Waals surface area contributed by atoms with E-state index in [0.29, 0.717) is 6.04 Å². The summed E-state index contributed by atoms with van der Waals surface area (Å²) in [6, 6.07) is 2.73. The summed E-state index contributed by atoms with van der Waals surface area (Å²) in [6.45, 7) is 5.34. The molecule has 0 aromatic carbocycles. The zero-order valence-corrected chi connectivity index (χ0v) is 9.75. The quantitative estimate of drug-likeness (QED) is 0.823. The van der Waals surface area contributed by atoms with Crippen molar-refractivity contribution in [2.24, 2.45) is 5.92 Å². The number of hydrogen-bond donors (Lipinski definition) is 1. The highest BCUT2D eigenvalue weighted by Crippen LogP contribution is 2.23. The normalized spacial score (nSPS) is 26.8. The zero-order chi connectivity index (χ0) is 10.7. The van der Waals surface area contributed by atoms with Gasteiger partial charge in [0.2, 0.25) is 0 Å². The monoisotopic (exact) mass is 207 g/mol. The first kappa shape index (κ1) is 10.7. The minimum absolute atomic E-state index is 0.700. The average molecular weight is 207 g/mol. The Labute approximate surface area is 92.1 Å². The number of nitrogens with one attached hydrogen (secondary N) is 1. The second kappa shape index (κ2) is 4.84. The summed E-state index contributed by atoms with van der Waals surface area (Å²) in [7, 11) is 0. The van der Waals surface area contributed by atoms with E-state index in [1.807, 2.05) is 6.07 Å². The number of hydrogen-bond acceptors (Lipinski definition) is 2. The standard InChI is InChI=1S/C13H21NO/c1-10-3-5-12(6-4-10)14-9-13-11(2)7-8-15-13/h7-8,10,12,14H,3-6,9H2,1-2H3. The number of furan rings is 1. The molecule has 1 saturated carbocycles. The van der Waals surface area contributed by atoms with Crippen molar-refractivity contribution in [1.82, 2.24) is 5.32 Å². The van der Waals surface area contributed by atoms with Crippen molar-refractivity contribution < 1.29 is 4.42 Å². The van der Waals surface area contributed by atoms with Crippen LogP contribution in [0.3, 0.4) is 0 Å². The molecule has 1 aliphatic carbocycles. The average Bonchev–Trinajstić information content (AvgIpc) is 2.63. The van der Waals surface area contributed by atoms with Crippen LogP contribution in [0.2, 0.25) is 0 Å². The zero-order valence-electron chi connectivity index (χ0n) is 9.75. The lowest BCUT2D eigenvalue weighted by atomic mass is 9.87. The molecule has 15 heavy (non-hydrogen) atoms. The largest absolute Gasteiger partial charge is 0.468 e. The third-order valence-electron chi connectivity index (χ3n) is 3.54. The number of aryl methyl sites for hydroxylation is 1. The number of rotatable bonds is 3. The molecule has 1 aliphatic rings. The van der Waals surface area contributed by atoms with Gasteiger partial charge in [-0.3, -0.25) is 0 Å². The van der Waals surface area contributed by atoms with Crippen LogP contribution in [0.15, 0.2) is 16.7 Å². The van der Waals surface area contributed by atoms with Crippen molar-refractivity contribution in [3.05, 3.63) is 23.7 Å². The molecule has 0 unspecified atom stereocenters.